The third kappa shape index (κ3) is 3.11. The first-order chi connectivity index (χ1) is 12.4. The number of carbonyl (C=O) groups excluding carboxylic acids is 1. The molecule has 0 aliphatic carbocycles. The van der Waals surface area contributed by atoms with E-state index in [2.05, 4.69) is 0 Å². The van der Waals surface area contributed by atoms with Gasteiger partial charge >= 0.3 is 5.63 Å². The molecule has 0 saturated heterocycles. The van der Waals surface area contributed by atoms with Gasteiger partial charge in [-0.05, 0) is 32.3 Å². The van der Waals surface area contributed by atoms with Crippen LogP contribution in [0.4, 0.5) is 0 Å². The van der Waals surface area contributed by atoms with E-state index in [1.807, 2.05) is 34.6 Å². The monoisotopic (exact) mass is 358 g/mol. The summed E-state index contributed by atoms with van der Waals surface area (Å²) in [4.78, 5) is 25.1. The van der Waals surface area contributed by atoms with Crippen LogP contribution in [0.3, 0.4) is 0 Å². The number of hydrogen-bond donors (Lipinski definition) is 0. The van der Waals surface area contributed by atoms with Crippen molar-refractivity contribution in [1.82, 2.24) is 0 Å². The van der Waals surface area contributed by atoms with Crippen molar-refractivity contribution >= 4 is 16.8 Å². The Morgan fingerprint density at radius 1 is 1.19 bits per heavy atom. The number of carbonyl (C=O) groups is 1. The average molecular weight is 358 g/mol. The molecule has 1 unspecified atom stereocenters. The minimum Gasteiger partial charge on any atom is -0.490 e. The van der Waals surface area contributed by atoms with Crippen LogP contribution in [-0.4, -0.2) is 18.0 Å². The molecule has 0 amide bonds. The van der Waals surface area contributed by atoms with Crippen molar-refractivity contribution in [2.75, 3.05) is 0 Å². The summed E-state index contributed by atoms with van der Waals surface area (Å²) in [5.74, 6) is 0.681. The summed E-state index contributed by atoms with van der Waals surface area (Å²) >= 11 is 0. The first-order valence-corrected chi connectivity index (χ1v) is 9.38. The van der Waals surface area contributed by atoms with E-state index in [0.717, 1.165) is 18.4 Å². The summed E-state index contributed by atoms with van der Waals surface area (Å²) in [5, 5.41) is 0.712. The smallest absolute Gasteiger partial charge is 0.336 e. The fourth-order valence-electron chi connectivity index (χ4n) is 3.29. The van der Waals surface area contributed by atoms with Gasteiger partial charge in [-0.25, -0.2) is 4.79 Å². The fourth-order valence-corrected chi connectivity index (χ4v) is 3.29. The van der Waals surface area contributed by atoms with Crippen molar-refractivity contribution in [3.63, 3.8) is 0 Å². The molecule has 5 heteroatoms. The van der Waals surface area contributed by atoms with Gasteiger partial charge in [-0.1, -0.05) is 27.2 Å². The van der Waals surface area contributed by atoms with Crippen molar-refractivity contribution in [2.24, 2.45) is 5.92 Å². The molecular weight excluding hydrogens is 332 g/mol. The average Bonchev–Trinajstić information content (AvgIpc) is 2.59. The van der Waals surface area contributed by atoms with Crippen LogP contribution in [0.2, 0.25) is 0 Å². The van der Waals surface area contributed by atoms with Gasteiger partial charge in [0, 0.05) is 12.1 Å². The number of fused-ring (bicyclic) bond motifs is 3. The van der Waals surface area contributed by atoms with Gasteiger partial charge < -0.3 is 13.9 Å². The summed E-state index contributed by atoms with van der Waals surface area (Å²) < 4.78 is 17.6. The highest BCUT2D eigenvalue weighted by atomic mass is 16.5. The van der Waals surface area contributed by atoms with E-state index in [4.69, 9.17) is 13.9 Å². The predicted molar refractivity (Wildman–Crippen MR) is 100 cm³/mol. The maximum Gasteiger partial charge on any atom is 0.336 e. The minimum absolute atomic E-state index is 0.00621. The molecule has 0 saturated carbocycles. The van der Waals surface area contributed by atoms with Gasteiger partial charge in [-0.15, -0.1) is 0 Å². The second-order valence-corrected chi connectivity index (χ2v) is 7.11. The van der Waals surface area contributed by atoms with Gasteiger partial charge in [0.05, 0.1) is 17.4 Å². The van der Waals surface area contributed by atoms with Gasteiger partial charge in [0.25, 0.3) is 0 Å². The maximum atomic E-state index is 12.9. The van der Waals surface area contributed by atoms with E-state index in [1.54, 1.807) is 6.07 Å². The first kappa shape index (κ1) is 18.5. The minimum atomic E-state index is -0.456. The molecule has 2 heterocycles. The van der Waals surface area contributed by atoms with Crippen LogP contribution >= 0.6 is 0 Å². The van der Waals surface area contributed by atoms with E-state index in [9.17, 15) is 9.59 Å². The third-order valence-electron chi connectivity index (χ3n) is 5.12. The molecule has 1 aliphatic heterocycles. The van der Waals surface area contributed by atoms with Crippen LogP contribution < -0.4 is 15.1 Å². The molecule has 140 valence electrons. The molecule has 2 aromatic rings. The van der Waals surface area contributed by atoms with Crippen molar-refractivity contribution in [1.29, 1.82) is 0 Å². The molecule has 0 spiro atoms. The molecule has 0 fully saturated rings. The third-order valence-corrected chi connectivity index (χ3v) is 5.12. The molecule has 0 bridgehead atoms. The Morgan fingerprint density at radius 3 is 2.58 bits per heavy atom. The molecule has 26 heavy (non-hydrogen) atoms. The molecule has 5 nitrogen and oxygen atoms in total. The summed E-state index contributed by atoms with van der Waals surface area (Å²) in [6, 6.07) is 3.28. The Labute approximate surface area is 153 Å². The molecular formula is C21H26O5. The van der Waals surface area contributed by atoms with E-state index >= 15 is 0 Å². The lowest BCUT2D eigenvalue weighted by Crippen LogP contribution is -2.34. The summed E-state index contributed by atoms with van der Waals surface area (Å²) in [6.07, 6.45) is 2.17. The Balaban J connectivity index is 2.36. The molecule has 3 atom stereocenters. The number of rotatable bonds is 5. The van der Waals surface area contributed by atoms with Crippen LogP contribution in [-0.2, 0) is 6.42 Å². The Morgan fingerprint density at radius 2 is 1.92 bits per heavy atom. The van der Waals surface area contributed by atoms with E-state index in [-0.39, 0.29) is 23.9 Å². The normalized spacial score (nSPS) is 20.6. The zero-order valence-corrected chi connectivity index (χ0v) is 16.0. The quantitative estimate of drug-likeness (QED) is 0.735. The number of Topliss-reactive ketones (excluding diaryl/α,β-unsaturated/α-hetero) is 1. The van der Waals surface area contributed by atoms with E-state index in [1.165, 1.54) is 6.07 Å². The van der Waals surface area contributed by atoms with Crippen molar-refractivity contribution in [3.05, 3.63) is 33.7 Å². The maximum absolute atomic E-state index is 12.9. The van der Waals surface area contributed by atoms with Crippen molar-refractivity contribution < 1.29 is 18.7 Å². The lowest BCUT2D eigenvalue weighted by molar-refractivity contribution is 0.0730. The highest BCUT2D eigenvalue weighted by molar-refractivity contribution is 6.12. The Hall–Kier alpha value is -2.30. The predicted octanol–water partition coefficient (Wildman–Crippen LogP) is 4.52. The summed E-state index contributed by atoms with van der Waals surface area (Å²) in [6.45, 7) is 9.78. The number of aryl methyl sites for hydroxylation is 1. The number of hydrogen-bond acceptors (Lipinski definition) is 5. The summed E-state index contributed by atoms with van der Waals surface area (Å²) in [7, 11) is 0. The van der Waals surface area contributed by atoms with Gasteiger partial charge in [-0.2, -0.15) is 0 Å². The van der Waals surface area contributed by atoms with Gasteiger partial charge in [-0.3, -0.25) is 4.79 Å². The van der Waals surface area contributed by atoms with Gasteiger partial charge in [0.2, 0.25) is 0 Å². The number of ketones is 1. The van der Waals surface area contributed by atoms with Crippen LogP contribution in [0, 0.1) is 5.92 Å². The topological polar surface area (TPSA) is 65.7 Å². The molecule has 0 radical (unpaired) electrons. The highest BCUT2D eigenvalue weighted by Crippen LogP contribution is 2.42. The van der Waals surface area contributed by atoms with Gasteiger partial charge in [0.15, 0.2) is 11.4 Å². The SMILES string of the molecule is CCCc1cc(=O)oc2c3c(cc(OC(C)CC)c12)O[C@H](C)[C@@H](C)C3=O. The van der Waals surface area contributed by atoms with Crippen molar-refractivity contribution in [2.45, 2.75) is 66.1 Å². The van der Waals surface area contributed by atoms with Crippen molar-refractivity contribution in [3.8, 4) is 11.5 Å². The van der Waals surface area contributed by atoms with Crippen LogP contribution in [0.25, 0.3) is 11.0 Å². The molecule has 1 aliphatic rings. The summed E-state index contributed by atoms with van der Waals surface area (Å²) in [5.41, 5.74) is 1.04. The van der Waals surface area contributed by atoms with E-state index < -0.39 is 5.63 Å². The lowest BCUT2D eigenvalue weighted by atomic mass is 9.89. The molecule has 1 aromatic heterocycles. The van der Waals surface area contributed by atoms with Crippen LogP contribution in [0.5, 0.6) is 11.5 Å². The standard InChI is InChI=1S/C21H26O5/c1-6-8-14-9-17(22)26-21-18(14)15(24-11(3)7-2)10-16-19(21)20(23)12(4)13(5)25-16/h9-13H,6-8H2,1-5H3/t11?,12-,13-/m1/s1. The highest BCUT2D eigenvalue weighted by Gasteiger charge is 2.35. The second-order valence-electron chi connectivity index (χ2n) is 7.11. The zero-order valence-electron chi connectivity index (χ0n) is 16.0. The largest absolute Gasteiger partial charge is 0.490 e. The molecule has 3 rings (SSSR count). The van der Waals surface area contributed by atoms with Crippen LogP contribution in [0.1, 0.15) is 63.4 Å². The Kier molecular flexibility index (Phi) is 5.08. The number of ether oxygens (including phenoxy) is 2. The molecule has 1 aromatic carbocycles. The first-order valence-electron chi connectivity index (χ1n) is 9.38. The van der Waals surface area contributed by atoms with Gasteiger partial charge in [0.1, 0.15) is 23.2 Å². The zero-order chi connectivity index (χ0) is 19.0. The molecule has 0 N–H and O–H groups in total. The number of benzene rings is 1. The fraction of sp³-hybridized carbons (Fsp3) is 0.524. The Bertz CT molecular complexity index is 895. The lowest BCUT2D eigenvalue weighted by Gasteiger charge is -2.29. The van der Waals surface area contributed by atoms with E-state index in [0.29, 0.717) is 34.5 Å². The van der Waals surface area contributed by atoms with Crippen LogP contribution in [0.15, 0.2) is 21.3 Å². The second kappa shape index (κ2) is 7.14.